The highest BCUT2D eigenvalue weighted by atomic mass is 16.1. The van der Waals surface area contributed by atoms with Gasteiger partial charge in [-0.1, -0.05) is 18.2 Å². The van der Waals surface area contributed by atoms with Crippen molar-refractivity contribution in [3.8, 4) is 0 Å². The first-order valence-electron chi connectivity index (χ1n) is 10.3. The van der Waals surface area contributed by atoms with Crippen molar-refractivity contribution in [1.29, 1.82) is 0 Å². The second-order valence-electron chi connectivity index (χ2n) is 8.90. The lowest BCUT2D eigenvalue weighted by atomic mass is 10.0. The Labute approximate surface area is 175 Å². The first kappa shape index (κ1) is 20.1. The molecule has 3 heterocycles. The van der Waals surface area contributed by atoms with Crippen LogP contribution in [0.2, 0.25) is 0 Å². The first-order chi connectivity index (χ1) is 14.2. The Kier molecular flexibility index (Phi) is 5.09. The van der Waals surface area contributed by atoms with Crippen molar-refractivity contribution in [2.24, 2.45) is 0 Å². The molecule has 0 aliphatic carbocycles. The summed E-state index contributed by atoms with van der Waals surface area (Å²) in [7, 11) is 0. The molecule has 1 amide bonds. The standard InChI is InChI=1S/C22H28N6O2/c1-14-7-5-6-8-16(14)19(29)24-15-9-11-27(12-10-15)21-25-18-17(20(30)26-21)13-23-28(18)22(2,3)4/h5-8,13,15H,9-12H2,1-4H3,(H,24,29)(H,25,26,30). The Bertz CT molecular complexity index is 1130. The summed E-state index contributed by atoms with van der Waals surface area (Å²) in [6.45, 7) is 9.45. The molecule has 4 rings (SSSR count). The van der Waals surface area contributed by atoms with E-state index in [2.05, 4.69) is 20.3 Å². The van der Waals surface area contributed by atoms with Crippen LogP contribution in [0.5, 0.6) is 0 Å². The second-order valence-corrected chi connectivity index (χ2v) is 8.90. The normalized spacial score (nSPS) is 15.5. The van der Waals surface area contributed by atoms with Gasteiger partial charge in [0.2, 0.25) is 5.95 Å². The van der Waals surface area contributed by atoms with Gasteiger partial charge in [-0.25, -0.2) is 4.68 Å². The summed E-state index contributed by atoms with van der Waals surface area (Å²) in [6, 6.07) is 7.70. The topological polar surface area (TPSA) is 95.9 Å². The average molecular weight is 409 g/mol. The number of hydrogen-bond donors (Lipinski definition) is 2. The van der Waals surface area contributed by atoms with E-state index in [0.717, 1.165) is 18.4 Å². The SMILES string of the molecule is Cc1ccccc1C(=O)NC1CCN(c2nc3c(cnn3C(C)(C)C)c(=O)[nH]2)CC1. The minimum Gasteiger partial charge on any atom is -0.349 e. The van der Waals surface area contributed by atoms with E-state index in [0.29, 0.717) is 35.6 Å². The van der Waals surface area contributed by atoms with E-state index in [1.54, 1.807) is 10.9 Å². The molecule has 1 aliphatic heterocycles. The fourth-order valence-corrected chi connectivity index (χ4v) is 3.87. The van der Waals surface area contributed by atoms with E-state index in [1.807, 2.05) is 52.0 Å². The molecule has 1 fully saturated rings. The number of carbonyl (C=O) groups excluding carboxylic acids is 1. The summed E-state index contributed by atoms with van der Waals surface area (Å²) in [6.07, 6.45) is 3.15. The van der Waals surface area contributed by atoms with E-state index in [9.17, 15) is 9.59 Å². The van der Waals surface area contributed by atoms with Crippen LogP contribution in [0.3, 0.4) is 0 Å². The maximum atomic E-state index is 12.6. The maximum Gasteiger partial charge on any atom is 0.263 e. The lowest BCUT2D eigenvalue weighted by Crippen LogP contribution is -2.45. The van der Waals surface area contributed by atoms with Crippen LogP contribution in [0.25, 0.3) is 11.0 Å². The third-order valence-corrected chi connectivity index (χ3v) is 5.58. The minimum atomic E-state index is -0.271. The highest BCUT2D eigenvalue weighted by Gasteiger charge is 2.25. The Morgan fingerprint density at radius 2 is 1.90 bits per heavy atom. The van der Waals surface area contributed by atoms with Gasteiger partial charge in [-0.05, 0) is 52.2 Å². The Balaban J connectivity index is 1.48. The Morgan fingerprint density at radius 3 is 2.57 bits per heavy atom. The Hall–Kier alpha value is -3.16. The number of rotatable bonds is 3. The molecule has 0 spiro atoms. The number of aryl methyl sites for hydroxylation is 1. The van der Waals surface area contributed by atoms with E-state index >= 15 is 0 Å². The number of amides is 1. The molecule has 1 aliphatic rings. The van der Waals surface area contributed by atoms with E-state index < -0.39 is 0 Å². The fourth-order valence-electron chi connectivity index (χ4n) is 3.87. The van der Waals surface area contributed by atoms with Crippen LogP contribution in [0.4, 0.5) is 5.95 Å². The quantitative estimate of drug-likeness (QED) is 0.694. The number of piperidine rings is 1. The van der Waals surface area contributed by atoms with Gasteiger partial charge in [-0.3, -0.25) is 14.6 Å². The molecule has 30 heavy (non-hydrogen) atoms. The highest BCUT2D eigenvalue weighted by molar-refractivity contribution is 5.95. The molecule has 1 aromatic carbocycles. The highest BCUT2D eigenvalue weighted by Crippen LogP contribution is 2.21. The smallest absolute Gasteiger partial charge is 0.263 e. The van der Waals surface area contributed by atoms with Gasteiger partial charge in [0.15, 0.2) is 5.65 Å². The zero-order valence-electron chi connectivity index (χ0n) is 17.9. The van der Waals surface area contributed by atoms with Crippen LogP contribution >= 0.6 is 0 Å². The zero-order chi connectivity index (χ0) is 21.5. The van der Waals surface area contributed by atoms with Gasteiger partial charge >= 0.3 is 0 Å². The molecule has 2 aromatic heterocycles. The van der Waals surface area contributed by atoms with Crippen molar-refractivity contribution in [3.05, 3.63) is 51.9 Å². The summed E-state index contributed by atoms with van der Waals surface area (Å²) in [5, 5.41) is 8.00. The molecule has 8 heteroatoms. The number of anilines is 1. The lowest BCUT2D eigenvalue weighted by molar-refractivity contribution is 0.0930. The van der Waals surface area contributed by atoms with E-state index in [4.69, 9.17) is 4.98 Å². The van der Waals surface area contributed by atoms with Gasteiger partial charge < -0.3 is 10.2 Å². The molecule has 8 nitrogen and oxygen atoms in total. The van der Waals surface area contributed by atoms with Crippen LogP contribution in [0.1, 0.15) is 49.5 Å². The van der Waals surface area contributed by atoms with E-state index in [1.165, 1.54) is 0 Å². The van der Waals surface area contributed by atoms with Crippen molar-refractivity contribution in [2.45, 2.75) is 52.1 Å². The first-order valence-corrected chi connectivity index (χ1v) is 10.3. The van der Waals surface area contributed by atoms with Crippen molar-refractivity contribution in [3.63, 3.8) is 0 Å². The summed E-state index contributed by atoms with van der Waals surface area (Å²) in [5.41, 5.74) is 1.83. The summed E-state index contributed by atoms with van der Waals surface area (Å²) in [4.78, 5) is 34.8. The Morgan fingerprint density at radius 1 is 1.20 bits per heavy atom. The number of aromatic nitrogens is 4. The number of hydrogen-bond acceptors (Lipinski definition) is 5. The van der Waals surface area contributed by atoms with Crippen molar-refractivity contribution in [2.75, 3.05) is 18.0 Å². The number of H-pyrrole nitrogens is 1. The minimum absolute atomic E-state index is 0.0337. The molecule has 0 atom stereocenters. The largest absolute Gasteiger partial charge is 0.349 e. The van der Waals surface area contributed by atoms with Crippen LogP contribution in [0, 0.1) is 6.92 Å². The zero-order valence-corrected chi connectivity index (χ0v) is 17.9. The monoisotopic (exact) mass is 408 g/mol. The molecular formula is C22H28N6O2. The molecular weight excluding hydrogens is 380 g/mol. The van der Waals surface area contributed by atoms with Crippen molar-refractivity contribution >= 4 is 22.9 Å². The summed E-state index contributed by atoms with van der Waals surface area (Å²) in [5.74, 6) is 0.524. The predicted octanol–water partition coefficient (Wildman–Crippen LogP) is 2.58. The van der Waals surface area contributed by atoms with Crippen LogP contribution < -0.4 is 15.8 Å². The molecule has 0 saturated carbocycles. The van der Waals surface area contributed by atoms with Crippen molar-refractivity contribution < 1.29 is 4.79 Å². The molecule has 3 aromatic rings. The van der Waals surface area contributed by atoms with Gasteiger partial charge in [0.1, 0.15) is 5.39 Å². The van der Waals surface area contributed by atoms with Gasteiger partial charge in [0, 0.05) is 24.7 Å². The summed E-state index contributed by atoms with van der Waals surface area (Å²) < 4.78 is 1.79. The maximum absolute atomic E-state index is 12.6. The molecule has 158 valence electrons. The van der Waals surface area contributed by atoms with Gasteiger partial charge in [-0.2, -0.15) is 10.1 Å². The van der Waals surface area contributed by atoms with Crippen molar-refractivity contribution in [1.82, 2.24) is 25.1 Å². The molecule has 2 N–H and O–H groups in total. The number of fused-ring (bicyclic) bond motifs is 1. The molecule has 1 saturated heterocycles. The summed E-state index contributed by atoms with van der Waals surface area (Å²) >= 11 is 0. The number of nitrogens with one attached hydrogen (secondary N) is 2. The number of aromatic amines is 1. The molecule has 0 bridgehead atoms. The van der Waals surface area contributed by atoms with Crippen LogP contribution in [-0.4, -0.2) is 44.8 Å². The van der Waals surface area contributed by atoms with E-state index in [-0.39, 0.29) is 23.0 Å². The van der Waals surface area contributed by atoms with Crippen LogP contribution in [0.15, 0.2) is 35.3 Å². The molecule has 0 radical (unpaired) electrons. The predicted molar refractivity (Wildman–Crippen MR) is 117 cm³/mol. The lowest BCUT2D eigenvalue weighted by Gasteiger charge is -2.32. The second kappa shape index (κ2) is 7.59. The van der Waals surface area contributed by atoms with Crippen LogP contribution in [-0.2, 0) is 5.54 Å². The average Bonchev–Trinajstić information content (AvgIpc) is 3.14. The molecule has 0 unspecified atom stereocenters. The third-order valence-electron chi connectivity index (χ3n) is 5.58. The number of nitrogens with zero attached hydrogens (tertiary/aromatic N) is 4. The van der Waals surface area contributed by atoms with Gasteiger partial charge in [-0.15, -0.1) is 0 Å². The van der Waals surface area contributed by atoms with Gasteiger partial charge in [0.25, 0.3) is 11.5 Å². The third kappa shape index (κ3) is 3.81. The fraction of sp³-hybridized carbons (Fsp3) is 0.455. The van der Waals surface area contributed by atoms with Gasteiger partial charge in [0.05, 0.1) is 11.7 Å². The number of carbonyl (C=O) groups is 1. The number of benzene rings is 1.